The summed E-state index contributed by atoms with van der Waals surface area (Å²) >= 11 is 9.00. The van der Waals surface area contributed by atoms with E-state index in [2.05, 4.69) is 22.6 Å². The summed E-state index contributed by atoms with van der Waals surface area (Å²) in [6.45, 7) is 6.56. The van der Waals surface area contributed by atoms with Gasteiger partial charge in [0.05, 0.1) is 27.9 Å². The molecule has 146 valence electrons. The van der Waals surface area contributed by atoms with E-state index >= 15 is 0 Å². The van der Waals surface area contributed by atoms with Crippen molar-refractivity contribution < 1.29 is 14.3 Å². The van der Waals surface area contributed by atoms with Crippen LogP contribution in [0.4, 0.5) is 5.69 Å². The maximum atomic E-state index is 13.0. The van der Waals surface area contributed by atoms with Gasteiger partial charge < -0.3 is 9.47 Å². The van der Waals surface area contributed by atoms with E-state index in [9.17, 15) is 4.79 Å². The van der Waals surface area contributed by atoms with Gasteiger partial charge in [0, 0.05) is 0 Å². The second kappa shape index (κ2) is 8.84. The van der Waals surface area contributed by atoms with Gasteiger partial charge in [-0.1, -0.05) is 30.0 Å². The van der Waals surface area contributed by atoms with Crippen molar-refractivity contribution in [2.45, 2.75) is 20.8 Å². The van der Waals surface area contributed by atoms with Crippen LogP contribution in [0.3, 0.4) is 0 Å². The molecule has 0 atom stereocenters. The van der Waals surface area contributed by atoms with E-state index in [0.717, 1.165) is 20.4 Å². The summed E-state index contributed by atoms with van der Waals surface area (Å²) in [7, 11) is 1.61. The fourth-order valence-corrected chi connectivity index (χ4v) is 4.89. The van der Waals surface area contributed by atoms with E-state index in [1.165, 1.54) is 17.3 Å². The van der Waals surface area contributed by atoms with Crippen LogP contribution >= 0.6 is 46.6 Å². The molecule has 1 amide bonds. The molecule has 1 aliphatic heterocycles. The predicted octanol–water partition coefficient (Wildman–Crippen LogP) is 5.72. The molecule has 4 nitrogen and oxygen atoms in total. The van der Waals surface area contributed by atoms with Crippen molar-refractivity contribution in [3.05, 3.63) is 55.5 Å². The molecule has 28 heavy (non-hydrogen) atoms. The van der Waals surface area contributed by atoms with Crippen LogP contribution in [0.2, 0.25) is 0 Å². The van der Waals surface area contributed by atoms with Crippen LogP contribution in [0.1, 0.15) is 23.6 Å². The number of amides is 1. The first-order valence-corrected chi connectivity index (χ1v) is 11.0. The Labute approximate surface area is 188 Å². The average Bonchev–Trinajstić information content (AvgIpc) is 2.93. The van der Waals surface area contributed by atoms with Crippen molar-refractivity contribution in [3.8, 4) is 11.5 Å². The SMILES string of the molecule is CCOc1c(I)cc(/C=C2/SC(=S)N(c3ccc(C)c(C)c3)C2=O)cc1OC. The number of benzene rings is 2. The monoisotopic (exact) mass is 525 g/mol. The Balaban J connectivity index is 1.95. The summed E-state index contributed by atoms with van der Waals surface area (Å²) in [6.07, 6.45) is 1.85. The van der Waals surface area contributed by atoms with Gasteiger partial charge in [-0.3, -0.25) is 9.69 Å². The Morgan fingerprint density at radius 3 is 2.61 bits per heavy atom. The summed E-state index contributed by atoms with van der Waals surface area (Å²) in [5.74, 6) is 1.25. The normalized spacial score (nSPS) is 15.5. The van der Waals surface area contributed by atoms with Crippen molar-refractivity contribution >= 4 is 68.6 Å². The van der Waals surface area contributed by atoms with Crippen molar-refractivity contribution in [1.29, 1.82) is 0 Å². The highest BCUT2D eigenvalue weighted by Gasteiger charge is 2.33. The number of thioether (sulfide) groups is 1. The highest BCUT2D eigenvalue weighted by Crippen LogP contribution is 2.39. The number of ether oxygens (including phenoxy) is 2. The number of methoxy groups -OCH3 is 1. The summed E-state index contributed by atoms with van der Waals surface area (Å²) in [5, 5.41) is 0. The molecule has 1 fully saturated rings. The molecule has 0 bridgehead atoms. The van der Waals surface area contributed by atoms with Crippen molar-refractivity contribution in [2.75, 3.05) is 18.6 Å². The van der Waals surface area contributed by atoms with Gasteiger partial charge in [-0.15, -0.1) is 0 Å². The van der Waals surface area contributed by atoms with E-state index in [1.807, 2.05) is 57.2 Å². The molecule has 1 aliphatic rings. The molecule has 3 rings (SSSR count). The molecule has 2 aromatic carbocycles. The van der Waals surface area contributed by atoms with Crippen molar-refractivity contribution in [1.82, 2.24) is 0 Å². The Bertz CT molecular complexity index is 988. The van der Waals surface area contributed by atoms with E-state index in [0.29, 0.717) is 27.3 Å². The topological polar surface area (TPSA) is 38.8 Å². The van der Waals surface area contributed by atoms with Crippen molar-refractivity contribution in [3.63, 3.8) is 0 Å². The van der Waals surface area contributed by atoms with Crippen LogP contribution in [-0.4, -0.2) is 23.9 Å². The Morgan fingerprint density at radius 1 is 1.21 bits per heavy atom. The van der Waals surface area contributed by atoms with Gasteiger partial charge >= 0.3 is 0 Å². The number of nitrogens with zero attached hydrogens (tertiary/aromatic N) is 1. The minimum atomic E-state index is -0.110. The Hall–Kier alpha value is -1.58. The van der Waals surface area contributed by atoms with Gasteiger partial charge in [0.1, 0.15) is 0 Å². The summed E-state index contributed by atoms with van der Waals surface area (Å²) in [4.78, 5) is 15.2. The molecular weight excluding hydrogens is 505 g/mol. The fraction of sp³-hybridized carbons (Fsp3) is 0.238. The maximum Gasteiger partial charge on any atom is 0.270 e. The number of aryl methyl sites for hydroxylation is 2. The van der Waals surface area contributed by atoms with Crippen LogP contribution in [0.25, 0.3) is 6.08 Å². The van der Waals surface area contributed by atoms with E-state index in [4.69, 9.17) is 21.7 Å². The van der Waals surface area contributed by atoms with Gasteiger partial charge in [-0.2, -0.15) is 0 Å². The second-order valence-electron chi connectivity index (χ2n) is 6.25. The third-order valence-electron chi connectivity index (χ3n) is 4.38. The summed E-state index contributed by atoms with van der Waals surface area (Å²) < 4.78 is 12.6. The molecule has 0 aliphatic carbocycles. The van der Waals surface area contributed by atoms with Crippen LogP contribution in [0, 0.1) is 17.4 Å². The minimum Gasteiger partial charge on any atom is -0.493 e. The predicted molar refractivity (Wildman–Crippen MR) is 128 cm³/mol. The largest absolute Gasteiger partial charge is 0.493 e. The molecule has 0 radical (unpaired) electrons. The first-order chi connectivity index (χ1) is 13.3. The zero-order chi connectivity index (χ0) is 20.4. The van der Waals surface area contributed by atoms with Gasteiger partial charge in [0.2, 0.25) is 0 Å². The molecule has 7 heteroatoms. The molecule has 2 aromatic rings. The lowest BCUT2D eigenvalue weighted by Crippen LogP contribution is -2.27. The van der Waals surface area contributed by atoms with E-state index < -0.39 is 0 Å². The van der Waals surface area contributed by atoms with Gasteiger partial charge in [-0.05, 0) is 90.4 Å². The highest BCUT2D eigenvalue weighted by atomic mass is 127. The number of carbonyl (C=O) groups is 1. The second-order valence-corrected chi connectivity index (χ2v) is 9.09. The number of rotatable bonds is 5. The van der Waals surface area contributed by atoms with Gasteiger partial charge in [-0.25, -0.2) is 0 Å². The molecule has 1 saturated heterocycles. The third-order valence-corrected chi connectivity index (χ3v) is 6.48. The van der Waals surface area contributed by atoms with Crippen LogP contribution in [0.15, 0.2) is 35.2 Å². The van der Waals surface area contributed by atoms with Crippen LogP contribution in [0.5, 0.6) is 11.5 Å². The molecule has 0 spiro atoms. The first kappa shape index (κ1) is 21.1. The van der Waals surface area contributed by atoms with E-state index in [-0.39, 0.29) is 5.91 Å². The molecule has 0 aromatic heterocycles. The average molecular weight is 525 g/mol. The fourth-order valence-electron chi connectivity index (χ4n) is 2.81. The number of halogens is 1. The lowest BCUT2D eigenvalue weighted by molar-refractivity contribution is -0.113. The van der Waals surface area contributed by atoms with E-state index in [1.54, 1.807) is 12.0 Å². The van der Waals surface area contributed by atoms with Crippen LogP contribution in [-0.2, 0) is 4.79 Å². The van der Waals surface area contributed by atoms with Crippen LogP contribution < -0.4 is 14.4 Å². The number of thiocarbonyl (C=S) groups is 1. The zero-order valence-electron chi connectivity index (χ0n) is 16.0. The first-order valence-electron chi connectivity index (χ1n) is 8.71. The minimum absolute atomic E-state index is 0.110. The highest BCUT2D eigenvalue weighted by molar-refractivity contribution is 14.1. The Morgan fingerprint density at radius 2 is 1.96 bits per heavy atom. The summed E-state index contributed by atoms with van der Waals surface area (Å²) in [6, 6.07) is 9.77. The summed E-state index contributed by atoms with van der Waals surface area (Å²) in [5.41, 5.74) is 3.97. The van der Waals surface area contributed by atoms with Gasteiger partial charge in [0.25, 0.3) is 5.91 Å². The molecule has 0 saturated carbocycles. The smallest absolute Gasteiger partial charge is 0.270 e. The zero-order valence-corrected chi connectivity index (χ0v) is 19.8. The Kier molecular flexibility index (Phi) is 6.67. The number of anilines is 1. The third kappa shape index (κ3) is 4.21. The molecule has 1 heterocycles. The number of hydrogen-bond donors (Lipinski definition) is 0. The van der Waals surface area contributed by atoms with Gasteiger partial charge in [0.15, 0.2) is 15.8 Å². The quantitative estimate of drug-likeness (QED) is 0.284. The number of carbonyl (C=O) groups excluding carboxylic acids is 1. The molecule has 0 N–H and O–H groups in total. The lowest BCUT2D eigenvalue weighted by atomic mass is 10.1. The lowest BCUT2D eigenvalue weighted by Gasteiger charge is -2.16. The molecule has 0 unspecified atom stereocenters. The maximum absolute atomic E-state index is 13.0. The standard InChI is InChI=1S/C21H20INO3S2/c1-5-26-19-16(22)9-14(10-17(19)25-4)11-18-20(24)23(21(27)28-18)15-7-6-12(2)13(3)8-15/h6-11H,5H2,1-4H3/b18-11+. The number of hydrogen-bond acceptors (Lipinski definition) is 5. The van der Waals surface area contributed by atoms with Crippen molar-refractivity contribution in [2.24, 2.45) is 0 Å². The molecular formula is C21H20INO3S2.